The highest BCUT2D eigenvalue weighted by Gasteiger charge is 2.28. The van der Waals surface area contributed by atoms with Crippen molar-refractivity contribution in [2.45, 2.75) is 31.8 Å². The highest BCUT2D eigenvalue weighted by molar-refractivity contribution is 9.10. The molecule has 3 rings (SSSR count). The van der Waals surface area contributed by atoms with Gasteiger partial charge in [0, 0.05) is 42.4 Å². The third-order valence-corrected chi connectivity index (χ3v) is 5.28. The highest BCUT2D eigenvalue weighted by Crippen LogP contribution is 2.18. The summed E-state index contributed by atoms with van der Waals surface area (Å²) >= 11 is 3.39. The molecule has 2 fully saturated rings. The summed E-state index contributed by atoms with van der Waals surface area (Å²) in [5.41, 5.74) is 0.801. The van der Waals surface area contributed by atoms with Crippen LogP contribution in [0.1, 0.15) is 19.8 Å². The molecule has 7 heteroatoms. The van der Waals surface area contributed by atoms with E-state index in [1.807, 2.05) is 31.2 Å². The third-order valence-electron chi connectivity index (χ3n) is 4.76. The molecule has 1 aliphatic carbocycles. The van der Waals surface area contributed by atoms with E-state index in [2.05, 4.69) is 36.4 Å². The summed E-state index contributed by atoms with van der Waals surface area (Å²) in [4.78, 5) is 28.7. The van der Waals surface area contributed by atoms with Gasteiger partial charge in [0.2, 0.25) is 11.8 Å². The van der Waals surface area contributed by atoms with Crippen LogP contribution in [0.3, 0.4) is 0 Å². The minimum atomic E-state index is -0.189. The number of nitrogens with zero attached hydrogens (tertiary/aromatic N) is 2. The van der Waals surface area contributed by atoms with Crippen molar-refractivity contribution in [3.8, 4) is 0 Å². The van der Waals surface area contributed by atoms with Crippen molar-refractivity contribution in [1.82, 2.24) is 15.1 Å². The number of rotatable bonds is 6. The lowest BCUT2D eigenvalue weighted by Gasteiger charge is -2.37. The van der Waals surface area contributed by atoms with Crippen molar-refractivity contribution < 1.29 is 9.59 Å². The first-order valence-corrected chi connectivity index (χ1v) is 9.63. The van der Waals surface area contributed by atoms with Crippen LogP contribution in [-0.4, -0.2) is 66.4 Å². The molecular weight excluding hydrogens is 384 g/mol. The zero-order valence-electron chi connectivity index (χ0n) is 14.5. The number of amides is 2. The Bertz CT molecular complexity index is 610. The molecule has 1 heterocycles. The van der Waals surface area contributed by atoms with Crippen LogP contribution in [-0.2, 0) is 9.59 Å². The van der Waals surface area contributed by atoms with Crippen molar-refractivity contribution in [3.05, 3.63) is 28.7 Å². The van der Waals surface area contributed by atoms with Gasteiger partial charge >= 0.3 is 0 Å². The second-order valence-corrected chi connectivity index (χ2v) is 7.74. The summed E-state index contributed by atoms with van der Waals surface area (Å²) < 4.78 is 0.986. The van der Waals surface area contributed by atoms with E-state index in [0.29, 0.717) is 12.6 Å². The van der Waals surface area contributed by atoms with E-state index in [9.17, 15) is 9.59 Å². The van der Waals surface area contributed by atoms with Crippen LogP contribution in [0.25, 0.3) is 0 Å². The molecule has 1 saturated carbocycles. The number of benzene rings is 1. The first kappa shape index (κ1) is 18.4. The molecule has 2 N–H and O–H groups in total. The summed E-state index contributed by atoms with van der Waals surface area (Å²) in [6.07, 6.45) is 2.23. The number of halogens is 1. The molecule has 2 amide bonds. The largest absolute Gasteiger partial charge is 0.352 e. The van der Waals surface area contributed by atoms with E-state index >= 15 is 0 Å². The van der Waals surface area contributed by atoms with Crippen LogP contribution < -0.4 is 10.6 Å². The fourth-order valence-corrected chi connectivity index (χ4v) is 3.22. The lowest BCUT2D eigenvalue weighted by atomic mass is 10.2. The maximum Gasteiger partial charge on any atom is 0.241 e. The molecule has 0 radical (unpaired) electrons. The van der Waals surface area contributed by atoms with Crippen molar-refractivity contribution in [3.63, 3.8) is 0 Å². The quantitative estimate of drug-likeness (QED) is 0.751. The van der Waals surface area contributed by atoms with E-state index in [1.54, 1.807) is 0 Å². The van der Waals surface area contributed by atoms with Gasteiger partial charge in [-0.1, -0.05) is 15.9 Å². The molecular formula is C18H25BrN4O2. The zero-order chi connectivity index (χ0) is 17.8. The summed E-state index contributed by atoms with van der Waals surface area (Å²) in [7, 11) is 0. The molecule has 0 spiro atoms. The number of carbonyl (C=O) groups excluding carboxylic acids is 2. The average molecular weight is 409 g/mol. The van der Waals surface area contributed by atoms with Crippen LogP contribution in [0.5, 0.6) is 0 Å². The Labute approximate surface area is 157 Å². The predicted octanol–water partition coefficient (Wildman–Crippen LogP) is 1.67. The summed E-state index contributed by atoms with van der Waals surface area (Å²) in [6, 6.07) is 7.80. The van der Waals surface area contributed by atoms with Crippen molar-refractivity contribution in [2.24, 2.45) is 0 Å². The van der Waals surface area contributed by atoms with Gasteiger partial charge in [0.25, 0.3) is 0 Å². The van der Waals surface area contributed by atoms with Crippen molar-refractivity contribution >= 4 is 33.4 Å². The molecule has 0 bridgehead atoms. The van der Waals surface area contributed by atoms with E-state index in [-0.39, 0.29) is 17.9 Å². The Morgan fingerprint density at radius 1 is 1.16 bits per heavy atom. The van der Waals surface area contributed by atoms with Gasteiger partial charge in [-0.2, -0.15) is 0 Å². The third kappa shape index (κ3) is 5.52. The SMILES string of the molecule is C[C@@H](C(=O)Nc1ccc(Br)cc1)N1CCN(CC(=O)NC2CC2)CC1. The number of nitrogens with one attached hydrogen (secondary N) is 2. The maximum atomic E-state index is 12.4. The molecule has 1 aliphatic heterocycles. The fraction of sp³-hybridized carbons (Fsp3) is 0.556. The molecule has 25 heavy (non-hydrogen) atoms. The van der Waals surface area contributed by atoms with E-state index < -0.39 is 0 Å². The molecule has 2 aliphatic rings. The lowest BCUT2D eigenvalue weighted by molar-refractivity contribution is -0.124. The van der Waals surface area contributed by atoms with Crippen molar-refractivity contribution in [2.75, 3.05) is 38.0 Å². The van der Waals surface area contributed by atoms with E-state index in [4.69, 9.17) is 0 Å². The fourth-order valence-electron chi connectivity index (χ4n) is 2.96. The van der Waals surface area contributed by atoms with Gasteiger partial charge in [-0.25, -0.2) is 0 Å². The van der Waals surface area contributed by atoms with Crippen LogP contribution in [0.4, 0.5) is 5.69 Å². The minimum Gasteiger partial charge on any atom is -0.352 e. The number of anilines is 1. The molecule has 136 valence electrons. The molecule has 1 saturated heterocycles. The van der Waals surface area contributed by atoms with Gasteiger partial charge in [-0.05, 0) is 44.0 Å². The van der Waals surface area contributed by atoms with Gasteiger partial charge in [0.1, 0.15) is 0 Å². The number of piperazine rings is 1. The lowest BCUT2D eigenvalue weighted by Crippen LogP contribution is -2.54. The van der Waals surface area contributed by atoms with Crippen molar-refractivity contribution in [1.29, 1.82) is 0 Å². The molecule has 1 aromatic rings. The zero-order valence-corrected chi connectivity index (χ0v) is 16.1. The molecule has 1 aromatic carbocycles. The minimum absolute atomic E-state index is 0.00208. The monoisotopic (exact) mass is 408 g/mol. The number of carbonyl (C=O) groups is 2. The van der Waals surface area contributed by atoms with Gasteiger partial charge in [-0.3, -0.25) is 19.4 Å². The van der Waals surface area contributed by atoms with Gasteiger partial charge in [0.05, 0.1) is 12.6 Å². The standard InChI is InChI=1S/C18H25BrN4O2/c1-13(18(25)21-16-4-2-14(19)3-5-16)23-10-8-22(9-11-23)12-17(24)20-15-6-7-15/h2-5,13,15H,6-12H2,1H3,(H,20,24)(H,21,25)/t13-/m0/s1. The Morgan fingerprint density at radius 3 is 2.40 bits per heavy atom. The molecule has 6 nitrogen and oxygen atoms in total. The van der Waals surface area contributed by atoms with Gasteiger partial charge in [0.15, 0.2) is 0 Å². The maximum absolute atomic E-state index is 12.4. The summed E-state index contributed by atoms with van der Waals surface area (Å²) in [5, 5.41) is 5.98. The smallest absolute Gasteiger partial charge is 0.241 e. The molecule has 1 atom stereocenters. The average Bonchev–Trinajstić information content (AvgIpc) is 3.40. The number of hydrogen-bond acceptors (Lipinski definition) is 4. The first-order valence-electron chi connectivity index (χ1n) is 8.83. The second-order valence-electron chi connectivity index (χ2n) is 6.83. The number of hydrogen-bond donors (Lipinski definition) is 2. The van der Waals surface area contributed by atoms with Crippen LogP contribution in [0.15, 0.2) is 28.7 Å². The normalized spacial score (nSPS) is 20.1. The van der Waals surface area contributed by atoms with E-state index in [0.717, 1.165) is 49.2 Å². The summed E-state index contributed by atoms with van der Waals surface area (Å²) in [6.45, 7) is 5.62. The first-order chi connectivity index (χ1) is 12.0. The Morgan fingerprint density at radius 2 is 1.80 bits per heavy atom. The van der Waals surface area contributed by atoms with E-state index in [1.165, 1.54) is 0 Å². The second kappa shape index (κ2) is 8.29. The Hall–Kier alpha value is -1.44. The molecule has 0 aromatic heterocycles. The van der Waals surface area contributed by atoms with Crippen LogP contribution in [0, 0.1) is 0 Å². The Kier molecular flexibility index (Phi) is 6.09. The molecule has 0 unspecified atom stereocenters. The summed E-state index contributed by atoms with van der Waals surface area (Å²) in [5.74, 6) is 0.124. The topological polar surface area (TPSA) is 64.7 Å². The predicted molar refractivity (Wildman–Crippen MR) is 101 cm³/mol. The van der Waals surface area contributed by atoms with Crippen LogP contribution in [0.2, 0.25) is 0 Å². The Balaban J connectivity index is 1.42. The van der Waals surface area contributed by atoms with Gasteiger partial charge in [-0.15, -0.1) is 0 Å². The van der Waals surface area contributed by atoms with Crippen LogP contribution >= 0.6 is 15.9 Å². The highest BCUT2D eigenvalue weighted by atomic mass is 79.9. The van der Waals surface area contributed by atoms with Gasteiger partial charge < -0.3 is 10.6 Å².